The molecule has 2 fully saturated rings. The average molecular weight is 256 g/mol. The molecule has 0 radical (unpaired) electrons. The van der Waals surface area contributed by atoms with Crippen molar-refractivity contribution in [1.29, 1.82) is 5.26 Å². The molecule has 1 aromatic rings. The number of rotatable bonds is 2. The smallest absolute Gasteiger partial charge is 0.149 e. The number of nitrogens with zero attached hydrogens (tertiary/aromatic N) is 4. The average Bonchev–Trinajstić information content (AvgIpc) is 2.75. The molecule has 4 nitrogen and oxygen atoms in total. The lowest BCUT2D eigenvalue weighted by atomic mass is 9.69. The normalized spacial score (nSPS) is 25.8. The molecule has 1 unspecified atom stereocenters. The summed E-state index contributed by atoms with van der Waals surface area (Å²) in [4.78, 5) is 11.6. The molecule has 2 aliphatic rings. The number of nitriles is 1. The van der Waals surface area contributed by atoms with Crippen LogP contribution in [0.4, 0.5) is 0 Å². The summed E-state index contributed by atoms with van der Waals surface area (Å²) in [7, 11) is 2.15. The summed E-state index contributed by atoms with van der Waals surface area (Å²) in [5.41, 5.74) is 1.73. The highest BCUT2D eigenvalue weighted by Gasteiger charge is 2.42. The molecule has 1 aromatic heterocycles. The Labute approximate surface area is 114 Å². The summed E-state index contributed by atoms with van der Waals surface area (Å²) >= 11 is 0. The first kappa shape index (κ1) is 12.6. The largest absolute Gasteiger partial charge is 0.306 e. The van der Waals surface area contributed by atoms with Crippen molar-refractivity contribution in [3.8, 4) is 6.07 Å². The van der Waals surface area contributed by atoms with E-state index < -0.39 is 5.41 Å². The summed E-state index contributed by atoms with van der Waals surface area (Å²) in [6, 6.07) is 4.54. The van der Waals surface area contributed by atoms with E-state index in [1.807, 2.05) is 6.92 Å². The number of hydrogen-bond acceptors (Lipinski definition) is 4. The third-order valence-corrected chi connectivity index (χ3v) is 4.53. The minimum absolute atomic E-state index is 0.398. The molecule has 1 saturated carbocycles. The maximum absolute atomic E-state index is 9.44. The minimum atomic E-state index is -0.398. The molecule has 3 rings (SSSR count). The molecule has 1 aliphatic carbocycles. The number of aromatic nitrogens is 2. The topological polar surface area (TPSA) is 52.8 Å². The molecular weight excluding hydrogens is 236 g/mol. The summed E-state index contributed by atoms with van der Waals surface area (Å²) in [5.74, 6) is 1.27. The van der Waals surface area contributed by atoms with Gasteiger partial charge in [-0.1, -0.05) is 0 Å². The Morgan fingerprint density at radius 3 is 2.74 bits per heavy atom. The molecule has 1 aliphatic heterocycles. The van der Waals surface area contributed by atoms with Crippen LogP contribution in [-0.4, -0.2) is 35.0 Å². The molecule has 19 heavy (non-hydrogen) atoms. The molecule has 0 bridgehead atoms. The van der Waals surface area contributed by atoms with Crippen LogP contribution >= 0.6 is 0 Å². The zero-order valence-electron chi connectivity index (χ0n) is 11.7. The van der Waals surface area contributed by atoms with Crippen molar-refractivity contribution in [2.24, 2.45) is 0 Å². The van der Waals surface area contributed by atoms with Crippen LogP contribution in [0, 0.1) is 18.3 Å². The van der Waals surface area contributed by atoms with Crippen molar-refractivity contribution >= 4 is 0 Å². The molecule has 100 valence electrons. The second-order valence-electron chi connectivity index (χ2n) is 6.05. The Morgan fingerprint density at radius 2 is 2.21 bits per heavy atom. The number of aryl methyl sites for hydroxylation is 1. The van der Waals surface area contributed by atoms with Crippen LogP contribution in [0.2, 0.25) is 0 Å². The Bertz CT molecular complexity index is 527. The summed E-state index contributed by atoms with van der Waals surface area (Å²) in [6.45, 7) is 4.21. The number of likely N-dealkylation sites (tertiary alicyclic amines) is 1. The first-order chi connectivity index (χ1) is 9.13. The minimum Gasteiger partial charge on any atom is -0.306 e. The maximum atomic E-state index is 9.44. The van der Waals surface area contributed by atoms with Gasteiger partial charge < -0.3 is 4.90 Å². The van der Waals surface area contributed by atoms with Gasteiger partial charge in [-0.2, -0.15) is 5.26 Å². The molecule has 0 spiro atoms. The van der Waals surface area contributed by atoms with Gasteiger partial charge in [-0.3, -0.25) is 0 Å². The third-order valence-electron chi connectivity index (χ3n) is 4.53. The molecule has 0 aromatic carbocycles. The molecular formula is C15H20N4. The predicted molar refractivity (Wildman–Crippen MR) is 72.8 cm³/mol. The Kier molecular flexibility index (Phi) is 3.02. The highest BCUT2D eigenvalue weighted by atomic mass is 15.1. The van der Waals surface area contributed by atoms with Gasteiger partial charge in [-0.25, -0.2) is 9.97 Å². The monoisotopic (exact) mass is 256 g/mol. The highest BCUT2D eigenvalue weighted by Crippen LogP contribution is 2.42. The van der Waals surface area contributed by atoms with Crippen molar-refractivity contribution in [3.05, 3.63) is 23.3 Å². The lowest BCUT2D eigenvalue weighted by Crippen LogP contribution is -2.35. The van der Waals surface area contributed by atoms with E-state index in [0.717, 1.165) is 56.0 Å². The van der Waals surface area contributed by atoms with Crippen LogP contribution in [0.1, 0.15) is 48.8 Å². The van der Waals surface area contributed by atoms with E-state index in [4.69, 9.17) is 4.98 Å². The van der Waals surface area contributed by atoms with Gasteiger partial charge >= 0.3 is 0 Å². The fourth-order valence-electron chi connectivity index (χ4n) is 3.11. The van der Waals surface area contributed by atoms with Gasteiger partial charge in [0.25, 0.3) is 0 Å². The van der Waals surface area contributed by atoms with Crippen molar-refractivity contribution in [3.63, 3.8) is 0 Å². The van der Waals surface area contributed by atoms with Crippen molar-refractivity contribution < 1.29 is 0 Å². The van der Waals surface area contributed by atoms with Crippen LogP contribution in [-0.2, 0) is 5.41 Å². The SMILES string of the molecule is Cc1cc(C2CCN(C)C2)nc(C2(C#N)CCC2)n1. The van der Waals surface area contributed by atoms with Crippen molar-refractivity contribution in [2.45, 2.75) is 43.9 Å². The van der Waals surface area contributed by atoms with Crippen LogP contribution in [0.15, 0.2) is 6.07 Å². The first-order valence-corrected chi connectivity index (χ1v) is 7.09. The molecule has 2 heterocycles. The van der Waals surface area contributed by atoms with Gasteiger partial charge in [-0.05, 0) is 52.3 Å². The summed E-state index contributed by atoms with van der Waals surface area (Å²) in [5, 5.41) is 9.44. The number of likely N-dealkylation sites (N-methyl/N-ethyl adjacent to an activating group) is 1. The van der Waals surface area contributed by atoms with E-state index in [9.17, 15) is 5.26 Å². The Morgan fingerprint density at radius 1 is 1.42 bits per heavy atom. The van der Waals surface area contributed by atoms with Gasteiger partial charge in [0.1, 0.15) is 11.2 Å². The van der Waals surface area contributed by atoms with E-state index in [1.165, 1.54) is 0 Å². The lowest BCUT2D eigenvalue weighted by molar-refractivity contribution is 0.305. The molecule has 1 saturated heterocycles. The molecule has 0 amide bonds. The third kappa shape index (κ3) is 2.12. The van der Waals surface area contributed by atoms with Crippen molar-refractivity contribution in [2.75, 3.05) is 20.1 Å². The zero-order chi connectivity index (χ0) is 13.5. The summed E-state index contributed by atoms with van der Waals surface area (Å²) in [6.07, 6.45) is 4.10. The molecule has 1 atom stereocenters. The Hall–Kier alpha value is -1.47. The van der Waals surface area contributed by atoms with E-state index in [2.05, 4.69) is 29.1 Å². The van der Waals surface area contributed by atoms with Crippen LogP contribution in [0.25, 0.3) is 0 Å². The quantitative estimate of drug-likeness (QED) is 0.813. The second kappa shape index (κ2) is 4.57. The molecule has 0 N–H and O–H groups in total. The number of hydrogen-bond donors (Lipinski definition) is 0. The van der Waals surface area contributed by atoms with Gasteiger partial charge in [-0.15, -0.1) is 0 Å². The van der Waals surface area contributed by atoms with Crippen LogP contribution < -0.4 is 0 Å². The fourth-order valence-corrected chi connectivity index (χ4v) is 3.11. The van der Waals surface area contributed by atoms with Crippen LogP contribution in [0.5, 0.6) is 0 Å². The lowest BCUT2D eigenvalue weighted by Gasteiger charge is -2.34. The van der Waals surface area contributed by atoms with Gasteiger partial charge in [0, 0.05) is 23.9 Å². The second-order valence-corrected chi connectivity index (χ2v) is 6.05. The van der Waals surface area contributed by atoms with Gasteiger partial charge in [0.05, 0.1) is 6.07 Å². The van der Waals surface area contributed by atoms with Crippen LogP contribution in [0.3, 0.4) is 0 Å². The molecule has 4 heteroatoms. The highest BCUT2D eigenvalue weighted by molar-refractivity contribution is 5.28. The van der Waals surface area contributed by atoms with Crippen molar-refractivity contribution in [1.82, 2.24) is 14.9 Å². The van der Waals surface area contributed by atoms with E-state index in [-0.39, 0.29) is 0 Å². The van der Waals surface area contributed by atoms with Gasteiger partial charge in [0.2, 0.25) is 0 Å². The maximum Gasteiger partial charge on any atom is 0.149 e. The van der Waals surface area contributed by atoms with E-state index in [0.29, 0.717) is 5.92 Å². The fraction of sp³-hybridized carbons (Fsp3) is 0.667. The van der Waals surface area contributed by atoms with Gasteiger partial charge in [0.15, 0.2) is 0 Å². The predicted octanol–water partition coefficient (Wildman–Crippen LogP) is 2.15. The standard InChI is InChI=1S/C15H20N4/c1-11-8-13(12-4-7-19(2)9-12)18-14(17-11)15(10-16)5-3-6-15/h8,12H,3-7,9H2,1-2H3. The zero-order valence-corrected chi connectivity index (χ0v) is 11.7. The summed E-state index contributed by atoms with van der Waals surface area (Å²) < 4.78 is 0. The van der Waals surface area contributed by atoms with E-state index >= 15 is 0 Å². The Balaban J connectivity index is 1.95. The van der Waals surface area contributed by atoms with E-state index in [1.54, 1.807) is 0 Å². The first-order valence-electron chi connectivity index (χ1n) is 7.09.